The number of carbonyl (C=O) groups excluding carboxylic acids is 1. The van der Waals surface area contributed by atoms with Crippen molar-refractivity contribution in [2.45, 2.75) is 50.4 Å². The molecule has 0 radical (unpaired) electrons. The van der Waals surface area contributed by atoms with Gasteiger partial charge in [0.2, 0.25) is 5.91 Å². The molecule has 1 saturated heterocycles. The van der Waals surface area contributed by atoms with Gasteiger partial charge >= 0.3 is 0 Å². The van der Waals surface area contributed by atoms with Crippen molar-refractivity contribution in [3.63, 3.8) is 0 Å². The van der Waals surface area contributed by atoms with Crippen molar-refractivity contribution in [2.24, 2.45) is 0 Å². The number of likely N-dealkylation sites (tertiary alicyclic amines) is 1. The van der Waals surface area contributed by atoms with E-state index in [4.69, 9.17) is 14.2 Å². The van der Waals surface area contributed by atoms with Crippen molar-refractivity contribution in [1.29, 1.82) is 0 Å². The summed E-state index contributed by atoms with van der Waals surface area (Å²) in [6.07, 6.45) is 2.37. The zero-order chi connectivity index (χ0) is 30.0. The van der Waals surface area contributed by atoms with Crippen molar-refractivity contribution >= 4 is 5.91 Å². The Morgan fingerprint density at radius 3 is 2.24 bits per heavy atom. The molecule has 0 aromatic heterocycles. The predicted molar refractivity (Wildman–Crippen MR) is 166 cm³/mol. The van der Waals surface area contributed by atoms with E-state index in [2.05, 4.69) is 42.3 Å². The molecule has 0 bridgehead atoms. The Bertz CT molecular complexity index is 1240. The molecule has 1 N–H and O–H groups in total. The largest absolute Gasteiger partial charge is 0.508 e. The Balaban J connectivity index is 1.38. The van der Waals surface area contributed by atoms with Gasteiger partial charge in [-0.3, -0.25) is 4.79 Å². The molecular weight excluding hydrogens is 528 g/mol. The quantitative estimate of drug-likeness (QED) is 0.201. The summed E-state index contributed by atoms with van der Waals surface area (Å²) in [7, 11) is 5.31. The minimum atomic E-state index is -0.506. The molecule has 0 saturated carbocycles. The van der Waals surface area contributed by atoms with E-state index < -0.39 is 6.29 Å². The second-order valence-corrected chi connectivity index (χ2v) is 11.2. The number of ether oxygens (including phenoxy) is 3. The van der Waals surface area contributed by atoms with Crippen LogP contribution in [0, 0.1) is 0 Å². The molecule has 0 aliphatic carbocycles. The number of methoxy groups -OCH3 is 2. The zero-order valence-corrected chi connectivity index (χ0v) is 25.5. The summed E-state index contributed by atoms with van der Waals surface area (Å²) in [4.78, 5) is 17.5. The Morgan fingerprint density at radius 1 is 0.952 bits per heavy atom. The number of phenols is 1. The lowest BCUT2D eigenvalue weighted by atomic mass is 9.67. The molecule has 1 fully saturated rings. The van der Waals surface area contributed by atoms with E-state index >= 15 is 0 Å². The van der Waals surface area contributed by atoms with Crippen LogP contribution in [0.1, 0.15) is 54.5 Å². The van der Waals surface area contributed by atoms with Crippen LogP contribution in [0.5, 0.6) is 5.75 Å². The van der Waals surface area contributed by atoms with Crippen LogP contribution in [0.25, 0.3) is 0 Å². The van der Waals surface area contributed by atoms with Crippen molar-refractivity contribution in [3.05, 3.63) is 101 Å². The Labute approximate surface area is 251 Å². The second kappa shape index (κ2) is 15.3. The number of hydrogen-bond donors (Lipinski definition) is 1. The van der Waals surface area contributed by atoms with E-state index in [1.807, 2.05) is 55.5 Å². The number of hydrogen-bond acceptors (Lipinski definition) is 6. The summed E-state index contributed by atoms with van der Waals surface area (Å²) in [6.45, 7) is 5.12. The van der Waals surface area contributed by atoms with Crippen LogP contribution in [-0.4, -0.2) is 81.2 Å². The topological polar surface area (TPSA) is 71.5 Å². The SMILES string of the molecule is COC(CN(C(=O)CCOCCc1ccc(O)c(C2(c3ccccc3)CCN(C)CC2)c1)[C@H](C)c1ccccc1)OC. The van der Waals surface area contributed by atoms with E-state index in [0.29, 0.717) is 31.9 Å². The molecule has 1 aliphatic heterocycles. The van der Waals surface area contributed by atoms with Gasteiger partial charge in [0.25, 0.3) is 0 Å². The summed E-state index contributed by atoms with van der Waals surface area (Å²) in [5.74, 6) is 0.334. The van der Waals surface area contributed by atoms with Crippen molar-refractivity contribution in [2.75, 3.05) is 54.1 Å². The number of carbonyl (C=O) groups is 1. The lowest BCUT2D eigenvalue weighted by molar-refractivity contribution is -0.150. The van der Waals surface area contributed by atoms with Gasteiger partial charge in [0.15, 0.2) is 6.29 Å². The Morgan fingerprint density at radius 2 is 1.60 bits per heavy atom. The monoisotopic (exact) mass is 574 g/mol. The number of aromatic hydroxyl groups is 1. The smallest absolute Gasteiger partial charge is 0.225 e. The van der Waals surface area contributed by atoms with Gasteiger partial charge < -0.3 is 29.1 Å². The third-order valence-corrected chi connectivity index (χ3v) is 8.68. The molecule has 7 heteroatoms. The highest BCUT2D eigenvalue weighted by atomic mass is 16.7. The molecule has 4 rings (SSSR count). The average molecular weight is 575 g/mol. The Kier molecular flexibility index (Phi) is 11.5. The molecule has 7 nitrogen and oxygen atoms in total. The fourth-order valence-electron chi connectivity index (χ4n) is 5.98. The van der Waals surface area contributed by atoms with Crippen LogP contribution in [0.2, 0.25) is 0 Å². The van der Waals surface area contributed by atoms with Crippen LogP contribution < -0.4 is 0 Å². The Hall–Kier alpha value is -3.23. The van der Waals surface area contributed by atoms with Gasteiger partial charge in [-0.15, -0.1) is 0 Å². The first-order chi connectivity index (χ1) is 20.4. The first kappa shape index (κ1) is 31.7. The van der Waals surface area contributed by atoms with Gasteiger partial charge in [-0.25, -0.2) is 0 Å². The van der Waals surface area contributed by atoms with Crippen LogP contribution >= 0.6 is 0 Å². The standard InChI is InChI=1S/C35H46N2O5/c1-27(29-11-7-5-8-12-29)37(26-34(40-3)41-4)33(39)18-24-42-23-17-28-15-16-32(38)31(25-28)35(19-21-36(2)22-20-35)30-13-9-6-10-14-30/h5-16,25,27,34,38H,17-24,26H2,1-4H3/t27-/m1/s1. The third kappa shape index (κ3) is 7.78. The van der Waals surface area contributed by atoms with Crippen LogP contribution in [0.15, 0.2) is 78.9 Å². The summed E-state index contributed by atoms with van der Waals surface area (Å²) in [6, 6.07) is 26.4. The summed E-state index contributed by atoms with van der Waals surface area (Å²) in [5, 5.41) is 11.0. The lowest BCUT2D eigenvalue weighted by Gasteiger charge is -2.42. The highest BCUT2D eigenvalue weighted by Crippen LogP contribution is 2.45. The fraction of sp³-hybridized carbons (Fsp3) is 0.457. The maximum atomic E-state index is 13.3. The minimum absolute atomic E-state index is 0.00978. The molecule has 1 atom stereocenters. The van der Waals surface area contributed by atoms with Crippen molar-refractivity contribution < 1.29 is 24.1 Å². The van der Waals surface area contributed by atoms with E-state index in [0.717, 1.165) is 42.6 Å². The molecule has 0 unspecified atom stereocenters. The number of piperidine rings is 1. The maximum absolute atomic E-state index is 13.3. The first-order valence-electron chi connectivity index (χ1n) is 14.9. The van der Waals surface area contributed by atoms with Crippen molar-refractivity contribution in [3.8, 4) is 5.75 Å². The number of amides is 1. The molecule has 0 spiro atoms. The molecule has 226 valence electrons. The summed E-state index contributed by atoms with van der Waals surface area (Å²) in [5.41, 5.74) is 4.19. The zero-order valence-electron chi connectivity index (χ0n) is 25.5. The molecule has 42 heavy (non-hydrogen) atoms. The molecule has 1 heterocycles. The van der Waals surface area contributed by atoms with Gasteiger partial charge in [0.05, 0.1) is 32.2 Å². The second-order valence-electron chi connectivity index (χ2n) is 11.2. The normalized spacial score (nSPS) is 15.9. The lowest BCUT2D eigenvalue weighted by Crippen LogP contribution is -2.41. The third-order valence-electron chi connectivity index (χ3n) is 8.68. The van der Waals surface area contributed by atoms with Gasteiger partial charge in [-0.2, -0.15) is 0 Å². The van der Waals surface area contributed by atoms with Crippen LogP contribution in [-0.2, 0) is 30.8 Å². The van der Waals surface area contributed by atoms with E-state index in [9.17, 15) is 9.90 Å². The molecule has 1 aliphatic rings. The minimum Gasteiger partial charge on any atom is -0.508 e. The molecule has 1 amide bonds. The van der Waals surface area contributed by atoms with Gasteiger partial charge in [-0.1, -0.05) is 72.8 Å². The first-order valence-corrected chi connectivity index (χ1v) is 14.9. The maximum Gasteiger partial charge on any atom is 0.225 e. The van der Waals surface area contributed by atoms with Gasteiger partial charge in [0, 0.05) is 25.2 Å². The van der Waals surface area contributed by atoms with Crippen molar-refractivity contribution in [1.82, 2.24) is 9.80 Å². The fourth-order valence-corrected chi connectivity index (χ4v) is 5.98. The summed E-state index contributed by atoms with van der Waals surface area (Å²) < 4.78 is 16.7. The highest BCUT2D eigenvalue weighted by molar-refractivity contribution is 5.76. The van der Waals surface area contributed by atoms with Gasteiger partial charge in [0.1, 0.15) is 5.75 Å². The summed E-state index contributed by atoms with van der Waals surface area (Å²) >= 11 is 0. The number of benzene rings is 3. The average Bonchev–Trinajstić information content (AvgIpc) is 3.03. The number of phenolic OH excluding ortho intramolecular Hbond substituents is 1. The van der Waals surface area contributed by atoms with E-state index in [-0.39, 0.29) is 23.8 Å². The number of rotatable bonds is 14. The molecule has 3 aromatic carbocycles. The van der Waals surface area contributed by atoms with Crippen LogP contribution in [0.3, 0.4) is 0 Å². The number of nitrogens with zero attached hydrogens (tertiary/aromatic N) is 2. The van der Waals surface area contributed by atoms with E-state index in [1.54, 1.807) is 19.1 Å². The van der Waals surface area contributed by atoms with Gasteiger partial charge in [-0.05, 0) is 69.1 Å². The highest BCUT2D eigenvalue weighted by Gasteiger charge is 2.39. The van der Waals surface area contributed by atoms with E-state index in [1.165, 1.54) is 5.56 Å². The predicted octanol–water partition coefficient (Wildman–Crippen LogP) is 5.56. The van der Waals surface area contributed by atoms with Crippen LogP contribution in [0.4, 0.5) is 0 Å². The molecular formula is C35H46N2O5. The molecule has 3 aromatic rings.